The molecule has 4 N–H and O–H groups in total. The van der Waals surface area contributed by atoms with Crippen LogP contribution in [-0.4, -0.2) is 51.2 Å². The Morgan fingerprint density at radius 3 is 2.80 bits per heavy atom. The maximum atomic E-state index is 12.5. The van der Waals surface area contributed by atoms with E-state index in [2.05, 4.69) is 42.4 Å². The van der Waals surface area contributed by atoms with E-state index < -0.39 is 11.4 Å². The molecule has 0 fully saturated rings. The third-order valence-electron chi connectivity index (χ3n) is 4.56. The lowest BCUT2D eigenvalue weighted by atomic mass is 9.91. The summed E-state index contributed by atoms with van der Waals surface area (Å²) in [5, 5.41) is 5.74. The Kier molecular flexibility index (Phi) is 5.92. The van der Waals surface area contributed by atoms with E-state index in [0.29, 0.717) is 23.7 Å². The average Bonchev–Trinajstić information content (AvgIpc) is 2.73. The van der Waals surface area contributed by atoms with Crippen LogP contribution in [0.3, 0.4) is 0 Å². The maximum Gasteiger partial charge on any atom is 0.275 e. The molecule has 0 bridgehead atoms. The third kappa shape index (κ3) is 4.52. The van der Waals surface area contributed by atoms with E-state index in [0.717, 1.165) is 0 Å². The molecule has 10 heteroatoms. The van der Waals surface area contributed by atoms with Crippen molar-refractivity contribution < 1.29 is 9.59 Å². The van der Waals surface area contributed by atoms with Crippen LogP contribution in [-0.2, 0) is 10.3 Å². The highest BCUT2D eigenvalue weighted by atomic mass is 16.2. The number of hydrogen-bond acceptors (Lipinski definition) is 8. The van der Waals surface area contributed by atoms with E-state index in [1.165, 1.54) is 23.5 Å². The van der Waals surface area contributed by atoms with Gasteiger partial charge in [-0.1, -0.05) is 5.92 Å². The standard InChI is InChI=1S/C20H22N8O2/c1-4-5-7-23-16-12-24-14(11-25-16)18(30)26-13-6-8-22-15(9-13)20(2)10-17(29)28(3)19(21)27-20/h6,8-9,11-12H,7,10H2,1-3H3,(H2,21,27)(H,23,25)(H,22,26,30). The van der Waals surface area contributed by atoms with E-state index in [1.807, 2.05) is 0 Å². The summed E-state index contributed by atoms with van der Waals surface area (Å²) in [7, 11) is 1.57. The van der Waals surface area contributed by atoms with Crippen LogP contribution in [0.1, 0.15) is 36.5 Å². The number of aliphatic imine (C=N–C) groups is 1. The first-order valence-corrected chi connectivity index (χ1v) is 9.17. The molecule has 1 unspecified atom stereocenters. The van der Waals surface area contributed by atoms with Crippen molar-refractivity contribution in [3.05, 3.63) is 42.1 Å². The number of nitrogens with one attached hydrogen (secondary N) is 2. The zero-order valence-corrected chi connectivity index (χ0v) is 16.9. The summed E-state index contributed by atoms with van der Waals surface area (Å²) in [5.74, 6) is 5.69. The van der Waals surface area contributed by atoms with E-state index in [1.54, 1.807) is 33.0 Å². The minimum absolute atomic E-state index is 0.122. The molecule has 0 saturated heterocycles. The SMILES string of the molecule is CC#CCNc1cnc(C(=O)Nc2ccnc(C3(C)CC(=O)N(C)C(N)=N3)c2)cn1. The molecular formula is C20H22N8O2. The van der Waals surface area contributed by atoms with Crippen LogP contribution in [0.4, 0.5) is 11.5 Å². The largest absolute Gasteiger partial charge is 0.369 e. The van der Waals surface area contributed by atoms with Crippen molar-refractivity contribution in [1.82, 2.24) is 19.9 Å². The highest BCUT2D eigenvalue weighted by Crippen LogP contribution is 2.32. The van der Waals surface area contributed by atoms with Crippen LogP contribution in [0.25, 0.3) is 0 Å². The number of guanidine groups is 1. The first kappa shape index (κ1) is 20.7. The molecule has 0 spiro atoms. The second-order valence-corrected chi connectivity index (χ2v) is 6.82. The van der Waals surface area contributed by atoms with Gasteiger partial charge < -0.3 is 16.4 Å². The number of rotatable bonds is 5. The summed E-state index contributed by atoms with van der Waals surface area (Å²) in [6.07, 6.45) is 4.50. The fraction of sp³-hybridized carbons (Fsp3) is 0.300. The zero-order chi connectivity index (χ0) is 21.7. The molecule has 0 aliphatic carbocycles. The van der Waals surface area contributed by atoms with Gasteiger partial charge in [0.2, 0.25) is 5.91 Å². The van der Waals surface area contributed by atoms with Crippen molar-refractivity contribution in [3.8, 4) is 11.8 Å². The highest BCUT2D eigenvalue weighted by Gasteiger charge is 2.37. The van der Waals surface area contributed by atoms with Gasteiger partial charge in [-0.3, -0.25) is 19.5 Å². The van der Waals surface area contributed by atoms with Crippen LogP contribution >= 0.6 is 0 Å². The molecule has 10 nitrogen and oxygen atoms in total. The minimum Gasteiger partial charge on any atom is -0.369 e. The topological polar surface area (TPSA) is 138 Å². The van der Waals surface area contributed by atoms with Crippen molar-refractivity contribution in [2.75, 3.05) is 24.2 Å². The lowest BCUT2D eigenvalue weighted by Crippen LogP contribution is -2.47. The Balaban J connectivity index is 1.74. The second kappa shape index (κ2) is 8.57. The van der Waals surface area contributed by atoms with Gasteiger partial charge in [0.15, 0.2) is 5.96 Å². The van der Waals surface area contributed by atoms with Crippen LogP contribution in [0, 0.1) is 11.8 Å². The monoisotopic (exact) mass is 406 g/mol. The van der Waals surface area contributed by atoms with Crippen LogP contribution in [0.15, 0.2) is 35.7 Å². The Bertz CT molecular complexity index is 1050. The molecule has 2 aromatic heterocycles. The summed E-state index contributed by atoms with van der Waals surface area (Å²) >= 11 is 0. The van der Waals surface area contributed by atoms with E-state index >= 15 is 0 Å². The molecule has 0 radical (unpaired) electrons. The van der Waals surface area contributed by atoms with Crippen molar-refractivity contribution in [2.45, 2.75) is 25.8 Å². The summed E-state index contributed by atoms with van der Waals surface area (Å²) in [6.45, 7) is 3.97. The van der Waals surface area contributed by atoms with E-state index in [9.17, 15) is 9.59 Å². The predicted molar refractivity (Wildman–Crippen MR) is 113 cm³/mol. The number of aromatic nitrogens is 3. The molecule has 154 valence electrons. The van der Waals surface area contributed by atoms with Crippen molar-refractivity contribution in [1.29, 1.82) is 0 Å². The van der Waals surface area contributed by atoms with Crippen LogP contribution in [0.2, 0.25) is 0 Å². The van der Waals surface area contributed by atoms with Crippen LogP contribution in [0.5, 0.6) is 0 Å². The van der Waals surface area contributed by atoms with Gasteiger partial charge in [-0.15, -0.1) is 5.92 Å². The van der Waals surface area contributed by atoms with Gasteiger partial charge in [0, 0.05) is 18.9 Å². The number of pyridine rings is 1. The molecular weight excluding hydrogens is 384 g/mol. The van der Waals surface area contributed by atoms with Gasteiger partial charge in [0.05, 0.1) is 31.1 Å². The number of nitrogens with two attached hydrogens (primary N) is 1. The highest BCUT2D eigenvalue weighted by molar-refractivity contribution is 6.02. The van der Waals surface area contributed by atoms with Gasteiger partial charge in [-0.25, -0.2) is 15.0 Å². The summed E-state index contributed by atoms with van der Waals surface area (Å²) in [4.78, 5) is 43.0. The van der Waals surface area contributed by atoms with Gasteiger partial charge >= 0.3 is 0 Å². The van der Waals surface area contributed by atoms with Crippen molar-refractivity contribution in [3.63, 3.8) is 0 Å². The van der Waals surface area contributed by atoms with Gasteiger partial charge in [-0.05, 0) is 26.0 Å². The molecule has 1 atom stereocenters. The molecule has 2 amide bonds. The Hall–Kier alpha value is -4.00. The fourth-order valence-corrected chi connectivity index (χ4v) is 2.81. The lowest BCUT2D eigenvalue weighted by Gasteiger charge is -2.32. The quantitative estimate of drug-likeness (QED) is 0.628. The number of hydrogen-bond donors (Lipinski definition) is 3. The predicted octanol–water partition coefficient (Wildman–Crippen LogP) is 0.951. The fourth-order valence-electron chi connectivity index (χ4n) is 2.81. The van der Waals surface area contributed by atoms with Gasteiger partial charge in [-0.2, -0.15) is 0 Å². The molecule has 3 rings (SSSR count). The minimum atomic E-state index is -0.914. The second-order valence-electron chi connectivity index (χ2n) is 6.82. The Morgan fingerprint density at radius 1 is 1.33 bits per heavy atom. The molecule has 1 aliphatic heterocycles. The van der Waals surface area contributed by atoms with Gasteiger partial charge in [0.25, 0.3) is 5.91 Å². The smallest absolute Gasteiger partial charge is 0.275 e. The summed E-state index contributed by atoms with van der Waals surface area (Å²) < 4.78 is 0. The lowest BCUT2D eigenvalue weighted by molar-refractivity contribution is -0.128. The van der Waals surface area contributed by atoms with E-state index in [-0.39, 0.29) is 24.0 Å². The first-order chi connectivity index (χ1) is 14.3. The Labute approximate surface area is 174 Å². The molecule has 0 saturated carbocycles. The third-order valence-corrected chi connectivity index (χ3v) is 4.56. The number of nitrogens with zero attached hydrogens (tertiary/aromatic N) is 5. The van der Waals surface area contributed by atoms with Crippen molar-refractivity contribution >= 4 is 29.3 Å². The first-order valence-electron chi connectivity index (χ1n) is 9.17. The number of amides is 2. The molecule has 1 aliphatic rings. The number of carbonyl (C=O) groups is 2. The van der Waals surface area contributed by atoms with E-state index in [4.69, 9.17) is 5.73 Å². The average molecular weight is 406 g/mol. The molecule has 30 heavy (non-hydrogen) atoms. The summed E-state index contributed by atoms with van der Waals surface area (Å²) in [5.41, 5.74) is 6.11. The number of anilines is 2. The summed E-state index contributed by atoms with van der Waals surface area (Å²) in [6, 6.07) is 3.31. The molecule has 2 aromatic rings. The Morgan fingerprint density at radius 2 is 2.13 bits per heavy atom. The van der Waals surface area contributed by atoms with Gasteiger partial charge in [0.1, 0.15) is 17.1 Å². The zero-order valence-electron chi connectivity index (χ0n) is 16.9. The molecule has 3 heterocycles. The number of carbonyl (C=O) groups excluding carboxylic acids is 2. The molecule has 0 aromatic carbocycles. The maximum absolute atomic E-state index is 12.5. The van der Waals surface area contributed by atoms with Crippen molar-refractivity contribution in [2.24, 2.45) is 10.7 Å². The van der Waals surface area contributed by atoms with Crippen LogP contribution < -0.4 is 16.4 Å². The normalized spacial score (nSPS) is 18.2.